The van der Waals surface area contributed by atoms with Crippen LogP contribution in [0.2, 0.25) is 0 Å². The van der Waals surface area contributed by atoms with Crippen molar-refractivity contribution in [3.8, 4) is 5.75 Å². The van der Waals surface area contributed by atoms with Gasteiger partial charge in [-0.05, 0) is 24.3 Å². The van der Waals surface area contributed by atoms with E-state index in [1.165, 1.54) is 12.1 Å². The number of rotatable bonds is 1. The molecule has 0 atom stereocenters. The fourth-order valence-corrected chi connectivity index (χ4v) is 0.687. The van der Waals surface area contributed by atoms with E-state index in [0.29, 0.717) is 5.69 Å². The SMILES string of the molecule is [CH]C(=O)Nc1ccc(O)cc1. The molecule has 0 saturated heterocycles. The number of carbonyl (C=O) groups is 1. The van der Waals surface area contributed by atoms with Crippen LogP contribution in [0.3, 0.4) is 0 Å². The van der Waals surface area contributed by atoms with Gasteiger partial charge in [0.05, 0.1) is 6.92 Å². The van der Waals surface area contributed by atoms with Gasteiger partial charge in [0.15, 0.2) is 0 Å². The van der Waals surface area contributed by atoms with Crippen molar-refractivity contribution in [2.75, 3.05) is 5.32 Å². The molecular weight excluding hydrogens is 142 g/mol. The summed E-state index contributed by atoms with van der Waals surface area (Å²) in [5.41, 5.74) is 0.565. The Kier molecular flexibility index (Phi) is 2.11. The van der Waals surface area contributed by atoms with Crippen molar-refractivity contribution < 1.29 is 9.90 Å². The van der Waals surface area contributed by atoms with E-state index in [9.17, 15) is 4.79 Å². The lowest BCUT2D eigenvalue weighted by Crippen LogP contribution is -2.05. The molecule has 0 aromatic heterocycles. The molecule has 2 radical (unpaired) electrons. The number of phenols is 1. The van der Waals surface area contributed by atoms with Gasteiger partial charge in [0.25, 0.3) is 0 Å². The van der Waals surface area contributed by atoms with Crippen LogP contribution in [0.25, 0.3) is 0 Å². The van der Waals surface area contributed by atoms with Gasteiger partial charge in [0.2, 0.25) is 5.91 Å². The summed E-state index contributed by atoms with van der Waals surface area (Å²) >= 11 is 0. The van der Waals surface area contributed by atoms with Crippen LogP contribution in [-0.4, -0.2) is 11.0 Å². The first-order chi connectivity index (χ1) is 5.18. The molecule has 11 heavy (non-hydrogen) atoms. The zero-order chi connectivity index (χ0) is 8.27. The maximum atomic E-state index is 10.3. The van der Waals surface area contributed by atoms with Crippen LogP contribution < -0.4 is 5.32 Å². The van der Waals surface area contributed by atoms with Gasteiger partial charge in [-0.2, -0.15) is 0 Å². The van der Waals surface area contributed by atoms with Crippen molar-refractivity contribution in [3.63, 3.8) is 0 Å². The molecule has 0 spiro atoms. The van der Waals surface area contributed by atoms with Gasteiger partial charge >= 0.3 is 0 Å². The Balaban J connectivity index is 2.74. The Hall–Kier alpha value is -1.51. The summed E-state index contributed by atoms with van der Waals surface area (Å²) in [5, 5.41) is 11.2. The lowest BCUT2D eigenvalue weighted by atomic mass is 10.3. The molecule has 0 aliphatic rings. The summed E-state index contributed by atoms with van der Waals surface area (Å²) in [6.45, 7) is 4.85. The monoisotopic (exact) mass is 149 g/mol. The third-order valence-corrected chi connectivity index (χ3v) is 1.13. The lowest BCUT2D eigenvalue weighted by Gasteiger charge is -1.99. The van der Waals surface area contributed by atoms with Crippen LogP contribution >= 0.6 is 0 Å². The molecular formula is C8H7NO2. The molecule has 1 aromatic carbocycles. The number of benzene rings is 1. The Morgan fingerprint density at radius 1 is 1.36 bits per heavy atom. The van der Waals surface area contributed by atoms with E-state index < -0.39 is 5.91 Å². The fraction of sp³-hybridized carbons (Fsp3) is 0. The molecule has 0 bridgehead atoms. The first kappa shape index (κ1) is 7.60. The smallest absolute Gasteiger partial charge is 0.229 e. The summed E-state index contributed by atoms with van der Waals surface area (Å²) in [6, 6.07) is 6.04. The highest BCUT2D eigenvalue weighted by Crippen LogP contribution is 2.12. The molecule has 1 aromatic rings. The van der Waals surface area contributed by atoms with Crippen molar-refractivity contribution >= 4 is 11.6 Å². The summed E-state index contributed by atoms with van der Waals surface area (Å²) in [5.74, 6) is -0.462. The van der Waals surface area contributed by atoms with E-state index in [4.69, 9.17) is 12.0 Å². The topological polar surface area (TPSA) is 49.3 Å². The molecule has 56 valence electrons. The quantitative estimate of drug-likeness (QED) is 0.586. The first-order valence-corrected chi connectivity index (χ1v) is 3.04. The molecule has 0 heterocycles. The van der Waals surface area contributed by atoms with Crippen LogP contribution in [0.5, 0.6) is 5.75 Å². The minimum absolute atomic E-state index is 0.153. The Morgan fingerprint density at radius 3 is 2.36 bits per heavy atom. The highest BCUT2D eigenvalue weighted by molar-refractivity contribution is 5.93. The molecule has 1 amide bonds. The highest BCUT2D eigenvalue weighted by atomic mass is 16.3. The van der Waals surface area contributed by atoms with Gasteiger partial charge in [0, 0.05) is 5.69 Å². The van der Waals surface area contributed by atoms with Crippen molar-refractivity contribution in [2.24, 2.45) is 0 Å². The number of amides is 1. The molecule has 0 fully saturated rings. The molecule has 2 N–H and O–H groups in total. The van der Waals surface area contributed by atoms with Gasteiger partial charge < -0.3 is 10.4 Å². The minimum atomic E-state index is -0.615. The zero-order valence-corrected chi connectivity index (χ0v) is 5.74. The highest BCUT2D eigenvalue weighted by Gasteiger charge is 1.93. The summed E-state index contributed by atoms with van der Waals surface area (Å²) in [7, 11) is 0. The number of aromatic hydroxyl groups is 1. The maximum absolute atomic E-state index is 10.3. The van der Waals surface area contributed by atoms with E-state index in [2.05, 4.69) is 5.32 Å². The largest absolute Gasteiger partial charge is 0.508 e. The van der Waals surface area contributed by atoms with Crippen LogP contribution in [0.15, 0.2) is 24.3 Å². The maximum Gasteiger partial charge on any atom is 0.229 e. The van der Waals surface area contributed by atoms with E-state index in [1.807, 2.05) is 0 Å². The normalized spacial score (nSPS) is 9.18. The molecule has 0 unspecified atom stereocenters. The summed E-state index contributed by atoms with van der Waals surface area (Å²) < 4.78 is 0. The Morgan fingerprint density at radius 2 is 1.91 bits per heavy atom. The Bertz CT molecular complexity index is 253. The summed E-state index contributed by atoms with van der Waals surface area (Å²) in [6.07, 6.45) is 0. The van der Waals surface area contributed by atoms with E-state index >= 15 is 0 Å². The Labute approximate surface area is 64.7 Å². The second-order valence-electron chi connectivity index (χ2n) is 2.04. The number of phenolic OH excluding ortho intramolecular Hbond substituents is 1. The average Bonchev–Trinajstić information content (AvgIpc) is 1.93. The van der Waals surface area contributed by atoms with Gasteiger partial charge in [0.1, 0.15) is 5.75 Å². The van der Waals surface area contributed by atoms with E-state index in [-0.39, 0.29) is 5.75 Å². The van der Waals surface area contributed by atoms with Crippen molar-refractivity contribution in [2.45, 2.75) is 0 Å². The van der Waals surface area contributed by atoms with Crippen LogP contribution in [-0.2, 0) is 4.79 Å². The third kappa shape index (κ3) is 2.29. The van der Waals surface area contributed by atoms with E-state index in [0.717, 1.165) is 0 Å². The lowest BCUT2D eigenvalue weighted by molar-refractivity contribution is -0.112. The van der Waals surface area contributed by atoms with Crippen LogP contribution in [0.4, 0.5) is 5.69 Å². The first-order valence-electron chi connectivity index (χ1n) is 3.04. The molecule has 0 aliphatic carbocycles. The van der Waals surface area contributed by atoms with Gasteiger partial charge in [-0.1, -0.05) is 0 Å². The van der Waals surface area contributed by atoms with Crippen molar-refractivity contribution in [1.29, 1.82) is 0 Å². The number of anilines is 1. The molecule has 0 aliphatic heterocycles. The third-order valence-electron chi connectivity index (χ3n) is 1.13. The second kappa shape index (κ2) is 3.05. The molecule has 1 rings (SSSR count). The standard InChI is InChI=1S/C8H7NO2/c1-6(10)9-7-2-4-8(11)5-3-7/h1-5,11H,(H,9,10). The van der Waals surface area contributed by atoms with Crippen LogP contribution in [0.1, 0.15) is 0 Å². The van der Waals surface area contributed by atoms with Gasteiger partial charge in [-0.15, -0.1) is 0 Å². The second-order valence-corrected chi connectivity index (χ2v) is 2.04. The van der Waals surface area contributed by atoms with Crippen molar-refractivity contribution in [1.82, 2.24) is 0 Å². The molecule has 0 saturated carbocycles. The average molecular weight is 149 g/mol. The van der Waals surface area contributed by atoms with Gasteiger partial charge in [-0.3, -0.25) is 4.79 Å². The number of hydrogen-bond donors (Lipinski definition) is 2. The number of nitrogens with one attached hydrogen (secondary N) is 1. The van der Waals surface area contributed by atoms with Crippen LogP contribution in [0, 0.1) is 6.92 Å². The minimum Gasteiger partial charge on any atom is -0.508 e. The summed E-state index contributed by atoms with van der Waals surface area (Å²) in [4.78, 5) is 10.3. The number of hydrogen-bond acceptors (Lipinski definition) is 2. The number of carbonyl (C=O) groups excluding carboxylic acids is 1. The fourth-order valence-electron chi connectivity index (χ4n) is 0.687. The zero-order valence-electron chi connectivity index (χ0n) is 5.74. The molecule has 3 nitrogen and oxygen atoms in total. The predicted molar refractivity (Wildman–Crippen MR) is 41.0 cm³/mol. The predicted octanol–water partition coefficient (Wildman–Crippen LogP) is 1.04. The van der Waals surface area contributed by atoms with E-state index in [1.54, 1.807) is 12.1 Å². The van der Waals surface area contributed by atoms with Crippen molar-refractivity contribution in [3.05, 3.63) is 31.2 Å². The molecule has 3 heteroatoms. The van der Waals surface area contributed by atoms with Gasteiger partial charge in [-0.25, -0.2) is 0 Å².